The van der Waals surface area contributed by atoms with Gasteiger partial charge in [0, 0.05) is 6.42 Å². The summed E-state index contributed by atoms with van der Waals surface area (Å²) in [6, 6.07) is 10.8. The van der Waals surface area contributed by atoms with E-state index in [4.69, 9.17) is 9.47 Å². The Hall–Kier alpha value is -0.860. The maximum Gasteiger partial charge on any atom is 0.162 e. The van der Waals surface area contributed by atoms with Crippen LogP contribution in [0.3, 0.4) is 0 Å². The van der Waals surface area contributed by atoms with Crippen molar-refractivity contribution in [3.63, 3.8) is 0 Å². The van der Waals surface area contributed by atoms with Gasteiger partial charge in [0.15, 0.2) is 6.29 Å². The average Bonchev–Trinajstić information content (AvgIpc) is 2.68. The van der Waals surface area contributed by atoms with Crippen molar-refractivity contribution in [3.05, 3.63) is 35.9 Å². The highest BCUT2D eigenvalue weighted by atomic mass is 16.7. The summed E-state index contributed by atoms with van der Waals surface area (Å²) in [5.74, 6) is 4.13. The van der Waals surface area contributed by atoms with Gasteiger partial charge in [-0.3, -0.25) is 0 Å². The molecule has 1 aromatic rings. The van der Waals surface area contributed by atoms with Gasteiger partial charge in [0.2, 0.25) is 0 Å². The van der Waals surface area contributed by atoms with E-state index in [9.17, 15) is 0 Å². The van der Waals surface area contributed by atoms with E-state index in [0.717, 1.165) is 18.3 Å². The van der Waals surface area contributed by atoms with Crippen LogP contribution in [0.25, 0.3) is 0 Å². The van der Waals surface area contributed by atoms with Crippen LogP contribution >= 0.6 is 0 Å². The number of hydrogen-bond donors (Lipinski definition) is 0. The van der Waals surface area contributed by atoms with Crippen molar-refractivity contribution in [1.29, 1.82) is 0 Å². The van der Waals surface area contributed by atoms with Gasteiger partial charge in [-0.2, -0.15) is 0 Å². The maximum absolute atomic E-state index is 6.88. The molecule has 30 heavy (non-hydrogen) atoms. The Morgan fingerprint density at radius 3 is 1.63 bits per heavy atom. The van der Waals surface area contributed by atoms with E-state index < -0.39 is 0 Å². The van der Waals surface area contributed by atoms with Gasteiger partial charge in [-0.05, 0) is 66.8 Å². The Kier molecular flexibility index (Phi) is 8.83. The van der Waals surface area contributed by atoms with Crippen LogP contribution < -0.4 is 0 Å². The second-order valence-electron chi connectivity index (χ2n) is 11.1. The van der Waals surface area contributed by atoms with Gasteiger partial charge in [-0.15, -0.1) is 0 Å². The fourth-order valence-corrected chi connectivity index (χ4v) is 5.87. The quantitative estimate of drug-likeness (QED) is 0.410. The number of rotatable bonds is 8. The van der Waals surface area contributed by atoms with Gasteiger partial charge >= 0.3 is 0 Å². The standard InChI is InChI=1S/C28H46O2/c1-19(2)24-14-12-21(5)16-26(24)29-28(18-23-10-8-7-9-11-23)30-27-17-22(6)13-15-25(27)20(3)4/h7-11,19-22,24-28H,12-18H2,1-6H3. The molecule has 0 amide bonds. The third-order valence-electron chi connectivity index (χ3n) is 7.82. The predicted octanol–water partition coefficient (Wildman–Crippen LogP) is 7.51. The maximum atomic E-state index is 6.88. The molecular formula is C28H46O2. The Bertz CT molecular complexity index is 576. The fourth-order valence-electron chi connectivity index (χ4n) is 5.87. The summed E-state index contributed by atoms with van der Waals surface area (Å²) in [5, 5.41) is 0. The zero-order valence-corrected chi connectivity index (χ0v) is 20.3. The molecule has 0 aliphatic heterocycles. The van der Waals surface area contributed by atoms with Gasteiger partial charge in [-0.25, -0.2) is 0 Å². The minimum absolute atomic E-state index is 0.138. The number of benzene rings is 1. The first kappa shape index (κ1) is 23.8. The number of ether oxygens (including phenoxy) is 2. The zero-order chi connectivity index (χ0) is 21.7. The summed E-state index contributed by atoms with van der Waals surface area (Å²) >= 11 is 0. The van der Waals surface area contributed by atoms with E-state index in [1.54, 1.807) is 0 Å². The zero-order valence-electron chi connectivity index (χ0n) is 20.3. The second kappa shape index (κ2) is 11.1. The van der Waals surface area contributed by atoms with E-state index in [0.29, 0.717) is 35.9 Å². The first-order valence-electron chi connectivity index (χ1n) is 12.7. The van der Waals surface area contributed by atoms with E-state index in [2.05, 4.69) is 71.9 Å². The first-order valence-corrected chi connectivity index (χ1v) is 12.7. The fraction of sp³-hybridized carbons (Fsp3) is 0.786. The molecule has 0 radical (unpaired) electrons. The molecule has 2 heteroatoms. The lowest BCUT2D eigenvalue weighted by atomic mass is 9.75. The molecule has 2 fully saturated rings. The molecule has 0 saturated heterocycles. The summed E-state index contributed by atoms with van der Waals surface area (Å²) in [6.45, 7) is 14.2. The molecule has 0 aromatic heterocycles. The van der Waals surface area contributed by atoms with Crippen LogP contribution in [-0.2, 0) is 15.9 Å². The van der Waals surface area contributed by atoms with Crippen molar-refractivity contribution in [1.82, 2.24) is 0 Å². The molecule has 170 valence electrons. The van der Waals surface area contributed by atoms with Gasteiger partial charge < -0.3 is 9.47 Å². The van der Waals surface area contributed by atoms with Crippen LogP contribution in [-0.4, -0.2) is 18.5 Å². The molecule has 6 unspecified atom stereocenters. The molecule has 0 N–H and O–H groups in total. The number of hydrogen-bond acceptors (Lipinski definition) is 2. The Balaban J connectivity index is 1.77. The molecule has 1 aromatic carbocycles. The van der Waals surface area contributed by atoms with Crippen LogP contribution in [0.4, 0.5) is 0 Å². The summed E-state index contributed by atoms with van der Waals surface area (Å²) in [5.41, 5.74) is 1.32. The summed E-state index contributed by atoms with van der Waals surface area (Å²) < 4.78 is 13.8. The molecule has 2 saturated carbocycles. The molecule has 2 aliphatic rings. The predicted molar refractivity (Wildman–Crippen MR) is 126 cm³/mol. The molecule has 2 aliphatic carbocycles. The van der Waals surface area contributed by atoms with Crippen molar-refractivity contribution >= 4 is 0 Å². The van der Waals surface area contributed by atoms with Crippen molar-refractivity contribution in [2.24, 2.45) is 35.5 Å². The molecule has 0 spiro atoms. The van der Waals surface area contributed by atoms with Gasteiger partial charge in [0.25, 0.3) is 0 Å². The van der Waals surface area contributed by atoms with Gasteiger partial charge in [-0.1, -0.05) is 84.7 Å². The van der Waals surface area contributed by atoms with Crippen LogP contribution in [0.15, 0.2) is 30.3 Å². The normalized spacial score (nSPS) is 33.7. The highest BCUT2D eigenvalue weighted by molar-refractivity contribution is 5.15. The van der Waals surface area contributed by atoms with Crippen LogP contribution in [0.2, 0.25) is 0 Å². The van der Waals surface area contributed by atoms with Crippen molar-refractivity contribution in [2.45, 2.75) is 105 Å². The Labute approximate surface area is 186 Å². The second-order valence-corrected chi connectivity index (χ2v) is 11.1. The summed E-state index contributed by atoms with van der Waals surface area (Å²) in [6.07, 6.45) is 8.95. The SMILES string of the molecule is CC1CCC(C(C)C)C(OC(Cc2ccccc2)OC2CC(C)CCC2C(C)C)C1. The van der Waals surface area contributed by atoms with E-state index in [1.165, 1.54) is 44.1 Å². The van der Waals surface area contributed by atoms with Crippen molar-refractivity contribution in [2.75, 3.05) is 0 Å². The van der Waals surface area contributed by atoms with Crippen molar-refractivity contribution < 1.29 is 9.47 Å². The third kappa shape index (κ3) is 6.57. The van der Waals surface area contributed by atoms with E-state index in [-0.39, 0.29) is 6.29 Å². The molecule has 0 bridgehead atoms. The van der Waals surface area contributed by atoms with E-state index in [1.807, 2.05) is 0 Å². The smallest absolute Gasteiger partial charge is 0.162 e. The topological polar surface area (TPSA) is 18.5 Å². The van der Waals surface area contributed by atoms with E-state index >= 15 is 0 Å². The average molecular weight is 415 g/mol. The van der Waals surface area contributed by atoms with Crippen molar-refractivity contribution in [3.8, 4) is 0 Å². The highest BCUT2D eigenvalue weighted by Crippen LogP contribution is 2.39. The highest BCUT2D eigenvalue weighted by Gasteiger charge is 2.37. The van der Waals surface area contributed by atoms with Gasteiger partial charge in [0.05, 0.1) is 12.2 Å². The molecule has 0 heterocycles. The first-order chi connectivity index (χ1) is 14.3. The molecule has 3 rings (SSSR count). The summed E-state index contributed by atoms with van der Waals surface area (Å²) in [7, 11) is 0. The van der Waals surface area contributed by atoms with Crippen LogP contribution in [0, 0.1) is 35.5 Å². The lowest BCUT2D eigenvalue weighted by Crippen LogP contribution is -2.42. The molecule has 2 nitrogen and oxygen atoms in total. The monoisotopic (exact) mass is 414 g/mol. The largest absolute Gasteiger partial charge is 0.349 e. The minimum atomic E-state index is -0.138. The lowest BCUT2D eigenvalue weighted by Gasteiger charge is -2.42. The van der Waals surface area contributed by atoms with Gasteiger partial charge in [0.1, 0.15) is 0 Å². The lowest BCUT2D eigenvalue weighted by molar-refractivity contribution is -0.230. The van der Waals surface area contributed by atoms with Crippen LogP contribution in [0.5, 0.6) is 0 Å². The summed E-state index contributed by atoms with van der Waals surface area (Å²) in [4.78, 5) is 0. The Morgan fingerprint density at radius 2 is 1.20 bits per heavy atom. The molecular weight excluding hydrogens is 368 g/mol. The van der Waals surface area contributed by atoms with Crippen LogP contribution in [0.1, 0.15) is 85.6 Å². The Morgan fingerprint density at radius 1 is 0.733 bits per heavy atom. The third-order valence-corrected chi connectivity index (χ3v) is 7.82. The molecule has 6 atom stereocenters. The minimum Gasteiger partial charge on any atom is -0.349 e.